The van der Waals surface area contributed by atoms with Crippen LogP contribution >= 0.6 is 0 Å². The number of nitrogens with zero attached hydrogens (tertiary/aromatic N) is 1. The highest BCUT2D eigenvalue weighted by Gasteiger charge is 2.36. The van der Waals surface area contributed by atoms with Gasteiger partial charge in [0.1, 0.15) is 0 Å². The maximum absolute atomic E-state index is 13.0. The van der Waals surface area contributed by atoms with E-state index in [0.29, 0.717) is 5.57 Å². The molecule has 0 bridgehead atoms. The fourth-order valence-corrected chi connectivity index (χ4v) is 2.95. The number of carbonyl (C=O) groups is 1. The van der Waals surface area contributed by atoms with Crippen molar-refractivity contribution in [3.05, 3.63) is 75.9 Å². The molecule has 1 aliphatic carbocycles. The van der Waals surface area contributed by atoms with Crippen LogP contribution in [0.2, 0.25) is 0 Å². The fraction of sp³-hybridized carbons (Fsp3) is 0.381. The summed E-state index contributed by atoms with van der Waals surface area (Å²) in [6, 6.07) is 6.59. The Morgan fingerprint density at radius 1 is 1.12 bits per heavy atom. The van der Waals surface area contributed by atoms with E-state index < -0.39 is 10.3 Å². The van der Waals surface area contributed by atoms with Gasteiger partial charge in [-0.05, 0) is 11.0 Å². The molecule has 0 N–H and O–H groups in total. The zero-order valence-electron chi connectivity index (χ0n) is 15.5. The normalized spacial score (nSPS) is 18.4. The number of hydrogen-bond acceptors (Lipinski definition) is 3. The summed E-state index contributed by atoms with van der Waals surface area (Å²) in [4.78, 5) is 23.7. The lowest BCUT2D eigenvalue weighted by molar-refractivity contribution is -0.384. The number of rotatable bonds is 4. The Kier molecular flexibility index (Phi) is 4.85. The zero-order valence-corrected chi connectivity index (χ0v) is 15.5. The van der Waals surface area contributed by atoms with Crippen LogP contribution in [-0.4, -0.2) is 10.7 Å². The minimum atomic E-state index is -0.471. The maximum atomic E-state index is 13.0. The first-order valence-corrected chi connectivity index (χ1v) is 8.34. The Balaban J connectivity index is 2.63. The second-order valence-electron chi connectivity index (χ2n) is 8.04. The number of allylic oxidation sites excluding steroid dienone is 5. The lowest BCUT2D eigenvalue weighted by Gasteiger charge is -2.33. The summed E-state index contributed by atoms with van der Waals surface area (Å²) in [5.74, 6) is -0.153. The van der Waals surface area contributed by atoms with Gasteiger partial charge in [-0.15, -0.1) is 6.58 Å². The van der Waals surface area contributed by atoms with Gasteiger partial charge in [0.25, 0.3) is 5.69 Å². The van der Waals surface area contributed by atoms with Crippen LogP contribution in [0.3, 0.4) is 0 Å². The Bertz CT molecular complexity index is 792. The molecule has 132 valence electrons. The van der Waals surface area contributed by atoms with Gasteiger partial charge in [-0.25, -0.2) is 0 Å². The van der Waals surface area contributed by atoms with Crippen LogP contribution in [0.5, 0.6) is 0 Å². The van der Waals surface area contributed by atoms with E-state index in [-0.39, 0.29) is 22.8 Å². The highest BCUT2D eigenvalue weighted by Crippen LogP contribution is 2.42. The molecule has 0 aromatic heterocycles. The van der Waals surface area contributed by atoms with Crippen LogP contribution in [0, 0.1) is 20.9 Å². The fourth-order valence-electron chi connectivity index (χ4n) is 2.95. The van der Waals surface area contributed by atoms with E-state index in [4.69, 9.17) is 0 Å². The highest BCUT2D eigenvalue weighted by atomic mass is 16.6. The number of benzene rings is 1. The quantitative estimate of drug-likeness (QED) is 0.421. The second kappa shape index (κ2) is 6.43. The lowest BCUT2D eigenvalue weighted by Crippen LogP contribution is -2.29. The standard InChI is InChI=1S/C21H25NO3/c1-7-21(5,6)18-13-15(12-17(19(18)23)20(2,3)4)14-9-8-10-16(11-14)22(24)25/h7-13,15H,1H2,2-6H3. The Labute approximate surface area is 149 Å². The molecule has 0 amide bonds. The monoisotopic (exact) mass is 339 g/mol. The van der Waals surface area contributed by atoms with Gasteiger partial charge in [-0.1, -0.05) is 65.0 Å². The molecule has 0 radical (unpaired) electrons. The molecule has 1 aliphatic rings. The van der Waals surface area contributed by atoms with Crippen molar-refractivity contribution >= 4 is 11.5 Å². The highest BCUT2D eigenvalue weighted by molar-refractivity contribution is 6.11. The number of ketones is 1. The van der Waals surface area contributed by atoms with Crippen molar-refractivity contribution in [2.75, 3.05) is 0 Å². The first kappa shape index (κ1) is 18.8. The van der Waals surface area contributed by atoms with E-state index in [9.17, 15) is 14.9 Å². The summed E-state index contributed by atoms with van der Waals surface area (Å²) in [5.41, 5.74) is 1.50. The summed E-state index contributed by atoms with van der Waals surface area (Å²) in [6.07, 6.45) is 5.62. The van der Waals surface area contributed by atoms with Crippen molar-refractivity contribution in [1.82, 2.24) is 0 Å². The van der Waals surface area contributed by atoms with Gasteiger partial charge in [0.15, 0.2) is 5.78 Å². The van der Waals surface area contributed by atoms with Gasteiger partial charge in [-0.2, -0.15) is 0 Å². The molecule has 1 atom stereocenters. The third-order valence-corrected chi connectivity index (χ3v) is 4.66. The summed E-state index contributed by atoms with van der Waals surface area (Å²) >= 11 is 0. The molecular formula is C21H25NO3. The molecule has 1 aromatic rings. The second-order valence-corrected chi connectivity index (χ2v) is 8.04. The zero-order chi connectivity index (χ0) is 19.0. The molecule has 4 heteroatoms. The maximum Gasteiger partial charge on any atom is 0.269 e. The molecule has 25 heavy (non-hydrogen) atoms. The summed E-state index contributed by atoms with van der Waals surface area (Å²) in [6.45, 7) is 13.8. The topological polar surface area (TPSA) is 60.2 Å². The molecule has 0 spiro atoms. The predicted molar refractivity (Wildman–Crippen MR) is 100 cm³/mol. The van der Waals surface area contributed by atoms with Gasteiger partial charge < -0.3 is 0 Å². The average Bonchev–Trinajstić information content (AvgIpc) is 2.53. The van der Waals surface area contributed by atoms with Crippen LogP contribution in [0.15, 0.2) is 60.2 Å². The van der Waals surface area contributed by atoms with Crippen LogP contribution in [0.4, 0.5) is 5.69 Å². The van der Waals surface area contributed by atoms with Gasteiger partial charge in [0, 0.05) is 34.6 Å². The van der Waals surface area contributed by atoms with E-state index in [1.807, 2.05) is 52.8 Å². The molecule has 0 saturated heterocycles. The number of hydrogen-bond donors (Lipinski definition) is 0. The van der Waals surface area contributed by atoms with Gasteiger partial charge >= 0.3 is 0 Å². The summed E-state index contributed by atoms with van der Waals surface area (Å²) in [7, 11) is 0. The van der Waals surface area contributed by atoms with Crippen LogP contribution < -0.4 is 0 Å². The Hall–Kier alpha value is -2.49. The smallest absolute Gasteiger partial charge is 0.269 e. The third-order valence-electron chi connectivity index (χ3n) is 4.66. The van der Waals surface area contributed by atoms with Crippen molar-refractivity contribution in [2.45, 2.75) is 40.5 Å². The molecule has 0 saturated carbocycles. The van der Waals surface area contributed by atoms with Crippen molar-refractivity contribution in [1.29, 1.82) is 0 Å². The van der Waals surface area contributed by atoms with Crippen molar-refractivity contribution < 1.29 is 9.72 Å². The average molecular weight is 339 g/mol. The largest absolute Gasteiger partial charge is 0.289 e. The van der Waals surface area contributed by atoms with E-state index >= 15 is 0 Å². The van der Waals surface area contributed by atoms with Gasteiger partial charge in [0.2, 0.25) is 0 Å². The first-order valence-electron chi connectivity index (χ1n) is 8.34. The number of nitro benzene ring substituents is 1. The van der Waals surface area contributed by atoms with Gasteiger partial charge in [-0.3, -0.25) is 14.9 Å². The molecule has 0 fully saturated rings. The van der Waals surface area contributed by atoms with Crippen LogP contribution in [0.1, 0.15) is 46.1 Å². The third kappa shape index (κ3) is 3.78. The lowest BCUT2D eigenvalue weighted by atomic mass is 9.69. The minimum absolute atomic E-state index is 0.0269. The SMILES string of the molecule is C=CC(C)(C)C1=CC(c2cccc([N+](=O)[O-])c2)C=C(C(C)(C)C)C1=O. The molecule has 1 unspecified atom stereocenters. The molecule has 2 rings (SSSR count). The van der Waals surface area contributed by atoms with Crippen LogP contribution in [-0.2, 0) is 4.79 Å². The number of carbonyl (C=O) groups excluding carboxylic acids is 1. The Morgan fingerprint density at radius 3 is 2.24 bits per heavy atom. The van der Waals surface area contributed by atoms with Crippen LogP contribution in [0.25, 0.3) is 0 Å². The van der Waals surface area contributed by atoms with E-state index in [1.165, 1.54) is 6.07 Å². The number of Topliss-reactive ketones (excluding diaryl/α,β-unsaturated/α-hetero) is 1. The first-order chi connectivity index (χ1) is 11.5. The molecule has 1 aromatic carbocycles. The van der Waals surface area contributed by atoms with E-state index in [2.05, 4.69) is 6.58 Å². The minimum Gasteiger partial charge on any atom is -0.289 e. The molecular weight excluding hydrogens is 314 g/mol. The van der Waals surface area contributed by atoms with E-state index in [0.717, 1.165) is 11.1 Å². The Morgan fingerprint density at radius 2 is 1.72 bits per heavy atom. The van der Waals surface area contributed by atoms with Gasteiger partial charge in [0.05, 0.1) is 4.92 Å². The van der Waals surface area contributed by atoms with Crippen molar-refractivity contribution in [2.24, 2.45) is 10.8 Å². The summed E-state index contributed by atoms with van der Waals surface area (Å²) < 4.78 is 0. The van der Waals surface area contributed by atoms with E-state index in [1.54, 1.807) is 18.2 Å². The van der Waals surface area contributed by atoms with Crippen molar-refractivity contribution in [3.8, 4) is 0 Å². The predicted octanol–water partition coefficient (Wildman–Crippen LogP) is 5.37. The number of non-ortho nitro benzene ring substituents is 1. The molecule has 4 nitrogen and oxygen atoms in total. The number of nitro groups is 1. The summed E-state index contributed by atoms with van der Waals surface area (Å²) in [5, 5.41) is 11.1. The van der Waals surface area contributed by atoms with Crippen molar-refractivity contribution in [3.63, 3.8) is 0 Å². The molecule has 0 aliphatic heterocycles. The molecule has 0 heterocycles.